The molecule has 4 aromatic carbocycles. The average molecular weight is 508 g/mol. The first-order chi connectivity index (χ1) is 18.5. The molecule has 0 aliphatic heterocycles. The van der Waals surface area contributed by atoms with Gasteiger partial charge in [-0.3, -0.25) is 4.79 Å². The summed E-state index contributed by atoms with van der Waals surface area (Å²) in [5.74, 6) is -0.131. The first kappa shape index (κ1) is 23.7. The molecule has 0 spiro atoms. The van der Waals surface area contributed by atoms with Crippen LogP contribution in [0.25, 0.3) is 49.9 Å². The van der Waals surface area contributed by atoms with E-state index in [2.05, 4.69) is 33.1 Å². The summed E-state index contributed by atoms with van der Waals surface area (Å²) in [6, 6.07) is 24.4. The van der Waals surface area contributed by atoms with Crippen molar-refractivity contribution in [1.29, 1.82) is 0 Å². The monoisotopic (exact) mass is 507 g/mol. The predicted molar refractivity (Wildman–Crippen MR) is 149 cm³/mol. The number of carbonyl (C=O) groups excluding carboxylic acids is 1. The van der Waals surface area contributed by atoms with Gasteiger partial charge in [-0.2, -0.15) is 0 Å². The van der Waals surface area contributed by atoms with E-state index in [0.717, 1.165) is 39.5 Å². The van der Waals surface area contributed by atoms with E-state index in [1.165, 1.54) is 12.1 Å². The molecule has 2 heterocycles. The number of fused-ring (bicyclic) bond motifs is 4. The van der Waals surface area contributed by atoms with Gasteiger partial charge in [0.25, 0.3) is 5.91 Å². The highest BCUT2D eigenvalue weighted by Crippen LogP contribution is 2.38. The minimum Gasteiger partial charge on any atom is -0.385 e. The van der Waals surface area contributed by atoms with Gasteiger partial charge in [0.2, 0.25) is 0 Å². The van der Waals surface area contributed by atoms with Crippen LogP contribution in [-0.2, 0) is 4.74 Å². The maximum absolute atomic E-state index is 13.8. The smallest absolute Gasteiger partial charge is 0.250 e. The molecule has 38 heavy (non-hydrogen) atoms. The van der Waals surface area contributed by atoms with Gasteiger partial charge in [0.15, 0.2) is 0 Å². The summed E-state index contributed by atoms with van der Waals surface area (Å²) in [6.07, 6.45) is 0.791. The quantitative estimate of drug-likeness (QED) is 0.220. The summed E-state index contributed by atoms with van der Waals surface area (Å²) in [5.41, 5.74) is 11.9. The molecule has 4 N–H and O–H groups in total. The van der Waals surface area contributed by atoms with Crippen molar-refractivity contribution in [2.45, 2.75) is 6.42 Å². The second-order valence-corrected chi connectivity index (χ2v) is 9.17. The van der Waals surface area contributed by atoms with Crippen molar-refractivity contribution >= 4 is 44.4 Å². The number of halogens is 1. The topological polar surface area (TPSA) is 98.0 Å². The number of primary amides is 1. The van der Waals surface area contributed by atoms with Gasteiger partial charge in [-0.25, -0.2) is 9.37 Å². The van der Waals surface area contributed by atoms with E-state index in [0.29, 0.717) is 41.3 Å². The number of hydrogen-bond acceptors (Lipinski definition) is 4. The average Bonchev–Trinajstić information content (AvgIpc) is 3.49. The lowest BCUT2D eigenvalue weighted by molar-refractivity contribution is 0.100. The van der Waals surface area contributed by atoms with Crippen molar-refractivity contribution in [3.63, 3.8) is 0 Å². The van der Waals surface area contributed by atoms with E-state index in [9.17, 15) is 9.18 Å². The molecule has 0 fully saturated rings. The van der Waals surface area contributed by atoms with Crippen LogP contribution in [0.1, 0.15) is 16.8 Å². The Morgan fingerprint density at radius 1 is 1.05 bits per heavy atom. The number of methoxy groups -OCH3 is 1. The van der Waals surface area contributed by atoms with Crippen molar-refractivity contribution in [3.05, 3.63) is 90.2 Å². The lowest BCUT2D eigenvalue weighted by Gasteiger charge is -2.14. The molecule has 0 atom stereocenters. The number of rotatable bonds is 8. The Kier molecular flexibility index (Phi) is 6.01. The molecule has 2 aromatic heterocycles. The van der Waals surface area contributed by atoms with E-state index in [-0.39, 0.29) is 5.82 Å². The molecule has 0 radical (unpaired) electrons. The number of anilines is 1. The summed E-state index contributed by atoms with van der Waals surface area (Å²) >= 11 is 0. The number of hydrogen-bond donors (Lipinski definition) is 3. The number of nitrogens with two attached hydrogens (primary N) is 1. The zero-order valence-electron chi connectivity index (χ0n) is 20.8. The Morgan fingerprint density at radius 3 is 2.74 bits per heavy atom. The molecule has 0 aliphatic rings. The van der Waals surface area contributed by atoms with E-state index in [1.807, 2.05) is 36.4 Å². The van der Waals surface area contributed by atoms with Crippen LogP contribution in [0.15, 0.2) is 78.9 Å². The van der Waals surface area contributed by atoms with Crippen LogP contribution in [0.2, 0.25) is 0 Å². The zero-order chi connectivity index (χ0) is 26.2. The molecule has 6 rings (SSSR count). The highest BCUT2D eigenvalue weighted by molar-refractivity contribution is 6.15. The highest BCUT2D eigenvalue weighted by Gasteiger charge is 2.19. The van der Waals surface area contributed by atoms with Gasteiger partial charge < -0.3 is 25.3 Å². The Balaban J connectivity index is 1.55. The van der Waals surface area contributed by atoms with Gasteiger partial charge >= 0.3 is 0 Å². The van der Waals surface area contributed by atoms with E-state index in [4.69, 9.17) is 15.5 Å². The first-order valence-corrected chi connectivity index (χ1v) is 12.4. The van der Waals surface area contributed by atoms with Gasteiger partial charge in [0.05, 0.1) is 27.6 Å². The number of imidazole rings is 1. The summed E-state index contributed by atoms with van der Waals surface area (Å²) in [4.78, 5) is 20.2. The first-order valence-electron chi connectivity index (χ1n) is 12.4. The van der Waals surface area contributed by atoms with Gasteiger partial charge in [0.1, 0.15) is 11.6 Å². The fraction of sp³-hybridized carbons (Fsp3) is 0.133. The number of ether oxygens (including phenoxy) is 1. The molecule has 190 valence electrons. The largest absolute Gasteiger partial charge is 0.385 e. The van der Waals surface area contributed by atoms with Crippen LogP contribution < -0.4 is 11.1 Å². The molecule has 0 aliphatic carbocycles. The second kappa shape index (κ2) is 9.64. The Labute approximate surface area is 218 Å². The van der Waals surface area contributed by atoms with Gasteiger partial charge in [-0.1, -0.05) is 30.3 Å². The number of aromatic nitrogens is 3. The highest BCUT2D eigenvalue weighted by atomic mass is 19.1. The third-order valence-corrected chi connectivity index (χ3v) is 6.76. The maximum Gasteiger partial charge on any atom is 0.250 e. The fourth-order valence-electron chi connectivity index (χ4n) is 5.08. The molecule has 7 nitrogen and oxygen atoms in total. The van der Waals surface area contributed by atoms with Gasteiger partial charge in [-0.05, 0) is 55.0 Å². The van der Waals surface area contributed by atoms with Crippen LogP contribution in [0.4, 0.5) is 10.1 Å². The number of amides is 1. The van der Waals surface area contributed by atoms with Crippen molar-refractivity contribution in [2.75, 3.05) is 25.6 Å². The maximum atomic E-state index is 13.8. The van der Waals surface area contributed by atoms with Crippen LogP contribution in [0.5, 0.6) is 0 Å². The van der Waals surface area contributed by atoms with Crippen LogP contribution in [-0.4, -0.2) is 40.7 Å². The summed E-state index contributed by atoms with van der Waals surface area (Å²) in [5, 5.41) is 5.42. The molecule has 6 aromatic rings. The minimum absolute atomic E-state index is 0.312. The van der Waals surface area contributed by atoms with Crippen LogP contribution in [0.3, 0.4) is 0 Å². The molecular formula is C30H26FN5O2. The van der Waals surface area contributed by atoms with Crippen molar-refractivity contribution in [2.24, 2.45) is 5.73 Å². The minimum atomic E-state index is -0.489. The van der Waals surface area contributed by atoms with Crippen LogP contribution in [0, 0.1) is 5.82 Å². The zero-order valence-corrected chi connectivity index (χ0v) is 20.8. The molecule has 1 amide bonds. The lowest BCUT2D eigenvalue weighted by Crippen LogP contribution is -2.16. The van der Waals surface area contributed by atoms with Gasteiger partial charge in [-0.15, -0.1) is 0 Å². The standard InChI is InChI=1S/C30H26FN5O2/c1-38-15-5-14-33-24-17-19(11-12-20(24)29(32)37)36-26-8-3-2-6-21(26)28-22(7-4-9-27(28)36)30-34-23-13-10-18(31)16-25(23)35-30/h2-4,6-13,16-17,33H,5,14-15H2,1H3,(H2,32,37)(H,34,35). The Hall–Kier alpha value is -4.69. The number of nitrogens with zero attached hydrogens (tertiary/aromatic N) is 2. The molecule has 0 bridgehead atoms. The molecule has 0 saturated carbocycles. The van der Waals surface area contributed by atoms with Crippen molar-refractivity contribution in [1.82, 2.24) is 14.5 Å². The number of nitrogens with one attached hydrogen (secondary N) is 2. The lowest BCUT2D eigenvalue weighted by atomic mass is 10.1. The summed E-state index contributed by atoms with van der Waals surface area (Å²) < 4.78 is 21.2. The molecular weight excluding hydrogens is 481 g/mol. The number of carbonyl (C=O) groups is 1. The summed E-state index contributed by atoms with van der Waals surface area (Å²) in [6.45, 7) is 1.25. The third-order valence-electron chi connectivity index (χ3n) is 6.76. The van der Waals surface area contributed by atoms with E-state index >= 15 is 0 Å². The van der Waals surface area contributed by atoms with Crippen LogP contribution >= 0.6 is 0 Å². The molecule has 0 unspecified atom stereocenters. The third kappa shape index (κ3) is 4.05. The Bertz CT molecular complexity index is 1820. The SMILES string of the molecule is COCCCNc1cc(-n2c3ccccc3c3c(-c4nc5ccc(F)cc5[nH]4)cccc32)ccc1C(N)=O. The fourth-order valence-corrected chi connectivity index (χ4v) is 5.08. The van der Waals surface area contributed by atoms with Crippen molar-refractivity contribution < 1.29 is 13.9 Å². The van der Waals surface area contributed by atoms with E-state index < -0.39 is 5.91 Å². The second-order valence-electron chi connectivity index (χ2n) is 9.17. The number of aromatic amines is 1. The predicted octanol–water partition coefficient (Wildman–Crippen LogP) is 6.01. The Morgan fingerprint density at radius 2 is 1.89 bits per heavy atom. The van der Waals surface area contributed by atoms with Crippen molar-refractivity contribution in [3.8, 4) is 17.1 Å². The number of para-hydroxylation sites is 1. The van der Waals surface area contributed by atoms with E-state index in [1.54, 1.807) is 19.2 Å². The summed E-state index contributed by atoms with van der Waals surface area (Å²) in [7, 11) is 1.66. The molecule has 0 saturated heterocycles. The number of benzene rings is 4. The normalized spacial score (nSPS) is 11.5. The number of H-pyrrole nitrogens is 1. The molecule has 8 heteroatoms. The van der Waals surface area contributed by atoms with Gasteiger partial charge in [0, 0.05) is 48.0 Å².